The van der Waals surface area contributed by atoms with Crippen LogP contribution in [-0.2, 0) is 27.3 Å². The number of benzene rings is 2. The van der Waals surface area contributed by atoms with Crippen molar-refractivity contribution in [3.8, 4) is 0 Å². The van der Waals surface area contributed by atoms with E-state index < -0.39 is 23.6 Å². The molecule has 0 bridgehead atoms. The summed E-state index contributed by atoms with van der Waals surface area (Å²) in [6.07, 6.45) is 2.49. The highest BCUT2D eigenvalue weighted by Crippen LogP contribution is 2.26. The summed E-state index contributed by atoms with van der Waals surface area (Å²) in [7, 11) is 0. The molecule has 1 aliphatic rings. The molecule has 3 atom stereocenters. The van der Waals surface area contributed by atoms with E-state index in [9.17, 15) is 19.5 Å². The topological polar surface area (TPSA) is 124 Å². The first-order valence-electron chi connectivity index (χ1n) is 13.8. The minimum absolute atomic E-state index is 0. The zero-order valence-electron chi connectivity index (χ0n) is 23.8. The van der Waals surface area contributed by atoms with Gasteiger partial charge in [-0.2, -0.15) is 0 Å². The summed E-state index contributed by atoms with van der Waals surface area (Å²) in [4.78, 5) is 45.6. The number of carbonyl (C=O) groups is 3. The number of carbonyl (C=O) groups excluding carboxylic acids is 3. The Morgan fingerprint density at radius 2 is 1.88 bits per heavy atom. The third-order valence-electron chi connectivity index (χ3n) is 7.00. The van der Waals surface area contributed by atoms with Crippen molar-refractivity contribution in [2.75, 3.05) is 19.6 Å². The highest BCUT2D eigenvalue weighted by Gasteiger charge is 2.39. The number of amides is 3. The molecule has 0 aliphatic carbocycles. The van der Waals surface area contributed by atoms with Gasteiger partial charge in [-0.1, -0.05) is 63.2 Å². The molecule has 2 heterocycles. The molecule has 3 amide bonds. The predicted octanol–water partition coefficient (Wildman–Crippen LogP) is 3.05. The van der Waals surface area contributed by atoms with Crippen LogP contribution < -0.4 is 16.0 Å². The average Bonchev–Trinajstić information content (AvgIpc) is 3.63. The minimum Gasteiger partial charge on any atom is -0.390 e. The van der Waals surface area contributed by atoms with Crippen molar-refractivity contribution in [2.45, 2.75) is 64.8 Å². The summed E-state index contributed by atoms with van der Waals surface area (Å²) in [5, 5.41) is 24.2. The quantitative estimate of drug-likeness (QED) is 0.268. The van der Waals surface area contributed by atoms with Crippen molar-refractivity contribution in [2.24, 2.45) is 5.41 Å². The van der Waals surface area contributed by atoms with E-state index in [1.807, 2.05) is 68.6 Å². The van der Waals surface area contributed by atoms with E-state index in [4.69, 9.17) is 0 Å². The van der Waals surface area contributed by atoms with E-state index in [0.717, 1.165) is 27.8 Å². The van der Waals surface area contributed by atoms with Crippen molar-refractivity contribution in [1.82, 2.24) is 25.8 Å². The molecule has 11 heteroatoms. The Balaban J connectivity index is 0.00000462. The minimum atomic E-state index is -0.865. The lowest BCUT2D eigenvalue weighted by molar-refractivity contribution is -0.145. The Labute approximate surface area is 251 Å². The fourth-order valence-corrected chi connectivity index (χ4v) is 5.48. The van der Waals surface area contributed by atoms with E-state index in [0.29, 0.717) is 19.5 Å². The van der Waals surface area contributed by atoms with Gasteiger partial charge in [0.2, 0.25) is 17.7 Å². The molecule has 9 nitrogen and oxygen atoms in total. The monoisotopic (exact) mass is 601 g/mol. The highest BCUT2D eigenvalue weighted by molar-refractivity contribution is 7.09. The summed E-state index contributed by atoms with van der Waals surface area (Å²) >= 11 is 1.53. The van der Waals surface area contributed by atoms with E-state index in [2.05, 4.69) is 20.9 Å². The number of aromatic nitrogens is 1. The molecule has 222 valence electrons. The Morgan fingerprint density at radius 3 is 2.59 bits per heavy atom. The van der Waals surface area contributed by atoms with Crippen molar-refractivity contribution in [3.63, 3.8) is 0 Å². The molecule has 0 radical (unpaired) electrons. The molecule has 1 fully saturated rings. The second-order valence-electron chi connectivity index (χ2n) is 11.3. The Bertz CT molecular complexity index is 1310. The lowest BCUT2D eigenvalue weighted by Crippen LogP contribution is -2.55. The summed E-state index contributed by atoms with van der Waals surface area (Å²) in [5.74, 6) is -0.789. The van der Waals surface area contributed by atoms with Crippen LogP contribution in [0, 0.1) is 5.41 Å². The van der Waals surface area contributed by atoms with Crippen LogP contribution in [0.2, 0.25) is 0 Å². The van der Waals surface area contributed by atoms with E-state index in [-0.39, 0.29) is 49.6 Å². The number of halogens is 1. The number of hydrogen-bond acceptors (Lipinski definition) is 7. The lowest BCUT2D eigenvalue weighted by atomic mass is 9.94. The standard InChI is InChI=1S/C30H39N5O4S.ClH/c1-30(2,3)29(39)35-13-6-9-25(35)28(38)34-24(16-20-10-11-21-7-4-5-8-22(21)15-20)27(37)33-18-23(36)17-31-19-26-32-12-14-40-26;/h4-5,7-8,10-12,14-15,23-25,31,36H,6,9,13,16-19H2,1-3H3,(H,33,37)(H,34,38);1H/t23?,24-,25?;/m1./s1. The van der Waals surface area contributed by atoms with Crippen molar-refractivity contribution in [1.29, 1.82) is 0 Å². The maximum Gasteiger partial charge on any atom is 0.243 e. The second-order valence-corrected chi connectivity index (χ2v) is 12.3. The molecule has 1 aromatic heterocycles. The summed E-state index contributed by atoms with van der Waals surface area (Å²) in [6, 6.07) is 12.5. The van der Waals surface area contributed by atoms with Crippen LogP contribution >= 0.6 is 23.7 Å². The largest absolute Gasteiger partial charge is 0.390 e. The molecular weight excluding hydrogens is 562 g/mol. The number of thiazole rings is 1. The zero-order chi connectivity index (χ0) is 28.7. The van der Waals surface area contributed by atoms with E-state index in [1.54, 1.807) is 11.1 Å². The molecule has 2 aromatic carbocycles. The first-order chi connectivity index (χ1) is 19.1. The van der Waals surface area contributed by atoms with Gasteiger partial charge in [-0.05, 0) is 29.2 Å². The SMILES string of the molecule is CC(C)(C)C(=O)N1CCCC1C(=O)N[C@H](Cc1ccc2ccccc2c1)C(=O)NCC(O)CNCc1nccs1.Cl. The van der Waals surface area contributed by atoms with Gasteiger partial charge in [-0.15, -0.1) is 23.7 Å². The van der Waals surface area contributed by atoms with Gasteiger partial charge in [0.1, 0.15) is 17.1 Å². The summed E-state index contributed by atoms with van der Waals surface area (Å²) in [5.41, 5.74) is 0.299. The molecule has 2 unspecified atom stereocenters. The maximum atomic E-state index is 13.4. The first-order valence-corrected chi connectivity index (χ1v) is 14.6. The number of aliphatic hydroxyl groups excluding tert-OH is 1. The molecule has 1 aliphatic heterocycles. The third kappa shape index (κ3) is 8.97. The first kappa shape index (κ1) is 32.5. The van der Waals surface area contributed by atoms with Gasteiger partial charge in [-0.25, -0.2) is 4.98 Å². The predicted molar refractivity (Wildman–Crippen MR) is 164 cm³/mol. The van der Waals surface area contributed by atoms with Crippen LogP contribution in [0.15, 0.2) is 54.0 Å². The third-order valence-corrected chi connectivity index (χ3v) is 7.78. The average molecular weight is 602 g/mol. The van der Waals surface area contributed by atoms with Crippen LogP contribution in [0.3, 0.4) is 0 Å². The Kier molecular flexibility index (Phi) is 11.7. The van der Waals surface area contributed by atoms with Gasteiger partial charge in [0.25, 0.3) is 0 Å². The lowest BCUT2D eigenvalue weighted by Gasteiger charge is -2.31. The van der Waals surface area contributed by atoms with Crippen LogP contribution in [0.25, 0.3) is 10.8 Å². The fourth-order valence-electron chi connectivity index (χ4n) is 4.89. The molecule has 3 aromatic rings. The Morgan fingerprint density at radius 1 is 1.12 bits per heavy atom. The number of aliphatic hydroxyl groups is 1. The molecular formula is C30H40ClN5O4S. The zero-order valence-corrected chi connectivity index (χ0v) is 25.4. The van der Waals surface area contributed by atoms with Crippen LogP contribution in [-0.4, -0.2) is 70.5 Å². The van der Waals surface area contributed by atoms with Crippen LogP contribution in [0.4, 0.5) is 0 Å². The van der Waals surface area contributed by atoms with Gasteiger partial charge < -0.3 is 26.0 Å². The maximum absolute atomic E-state index is 13.4. The fraction of sp³-hybridized carbons (Fsp3) is 0.467. The number of nitrogens with one attached hydrogen (secondary N) is 3. The van der Waals surface area contributed by atoms with Gasteiger partial charge >= 0.3 is 0 Å². The molecule has 4 N–H and O–H groups in total. The number of hydrogen-bond donors (Lipinski definition) is 4. The molecule has 1 saturated heterocycles. The van der Waals surface area contributed by atoms with Gasteiger partial charge in [-0.3, -0.25) is 14.4 Å². The van der Waals surface area contributed by atoms with Gasteiger partial charge in [0.15, 0.2) is 0 Å². The van der Waals surface area contributed by atoms with Gasteiger partial charge in [0, 0.05) is 49.6 Å². The Hall–Kier alpha value is -3.05. The van der Waals surface area contributed by atoms with E-state index in [1.165, 1.54) is 11.3 Å². The smallest absolute Gasteiger partial charge is 0.243 e. The molecule has 0 spiro atoms. The van der Waals surface area contributed by atoms with Gasteiger partial charge in [0.05, 0.1) is 6.10 Å². The second kappa shape index (κ2) is 14.7. The van der Waals surface area contributed by atoms with E-state index >= 15 is 0 Å². The number of rotatable bonds is 11. The molecule has 4 rings (SSSR count). The molecule has 0 saturated carbocycles. The van der Waals surface area contributed by atoms with Crippen molar-refractivity contribution < 1.29 is 19.5 Å². The highest BCUT2D eigenvalue weighted by atomic mass is 35.5. The number of fused-ring (bicyclic) bond motifs is 1. The van der Waals surface area contributed by atoms with Crippen LogP contribution in [0.1, 0.15) is 44.2 Å². The van der Waals surface area contributed by atoms with Crippen molar-refractivity contribution >= 4 is 52.2 Å². The number of nitrogens with zero attached hydrogens (tertiary/aromatic N) is 2. The molecule has 41 heavy (non-hydrogen) atoms. The van der Waals surface area contributed by atoms with Crippen LogP contribution in [0.5, 0.6) is 0 Å². The van der Waals surface area contributed by atoms with Crippen molar-refractivity contribution in [3.05, 3.63) is 64.6 Å². The summed E-state index contributed by atoms with van der Waals surface area (Å²) < 4.78 is 0. The summed E-state index contributed by atoms with van der Waals surface area (Å²) in [6.45, 7) is 6.91. The number of likely N-dealkylation sites (tertiary alicyclic amines) is 1. The normalized spacial score (nSPS) is 16.6.